The lowest BCUT2D eigenvalue weighted by Crippen LogP contribution is -2.49. The number of thiazole rings is 1. The van der Waals surface area contributed by atoms with Crippen LogP contribution in [0.3, 0.4) is 0 Å². The van der Waals surface area contributed by atoms with Crippen molar-refractivity contribution < 1.29 is 4.79 Å². The summed E-state index contributed by atoms with van der Waals surface area (Å²) in [5, 5.41) is 6.26. The third-order valence-electron chi connectivity index (χ3n) is 3.47. The van der Waals surface area contributed by atoms with E-state index >= 15 is 0 Å². The Labute approximate surface area is 130 Å². The molecule has 1 aromatic rings. The highest BCUT2D eigenvalue weighted by Crippen LogP contribution is 2.22. The molecule has 114 valence electrons. The molecule has 7 heteroatoms. The molecule has 0 radical (unpaired) electrons. The van der Waals surface area contributed by atoms with E-state index in [1.54, 1.807) is 23.2 Å². The second-order valence-corrected chi connectivity index (χ2v) is 5.74. The largest absolute Gasteiger partial charge is 0.314 e. The highest BCUT2D eigenvalue weighted by atomic mass is 35.5. The summed E-state index contributed by atoms with van der Waals surface area (Å²) < 4.78 is 0. The number of carbonyl (C=O) groups is 1. The molecule has 0 saturated carbocycles. The fourth-order valence-corrected chi connectivity index (χ4v) is 3.24. The number of anilines is 1. The third kappa shape index (κ3) is 4.15. The molecule has 0 unspecified atom stereocenters. The summed E-state index contributed by atoms with van der Waals surface area (Å²) in [5.41, 5.74) is 1.06. The Morgan fingerprint density at radius 2 is 2.40 bits per heavy atom. The number of hydrogen-bond donors (Lipinski definition) is 1. The lowest BCUT2D eigenvalue weighted by Gasteiger charge is -2.33. The van der Waals surface area contributed by atoms with Crippen LogP contribution in [0.1, 0.15) is 26.5 Å². The molecule has 2 rings (SSSR count). The highest BCUT2D eigenvalue weighted by molar-refractivity contribution is 7.14. The fraction of sp³-hybridized carbons (Fsp3) is 0.692. The summed E-state index contributed by atoms with van der Waals surface area (Å²) in [6.07, 6.45) is 0. The molecule has 1 fully saturated rings. The molecule has 1 saturated heterocycles. The molecule has 0 bridgehead atoms. The van der Waals surface area contributed by atoms with Gasteiger partial charge in [0.2, 0.25) is 5.91 Å². The maximum atomic E-state index is 11.5. The van der Waals surface area contributed by atoms with Gasteiger partial charge in [0.1, 0.15) is 0 Å². The van der Waals surface area contributed by atoms with E-state index in [2.05, 4.69) is 27.5 Å². The van der Waals surface area contributed by atoms with Crippen LogP contribution < -0.4 is 10.2 Å². The SMILES string of the molecule is CCN(C(C)=O)c1nc(CN2CCNC[C@@H]2C)cs1.Cl. The summed E-state index contributed by atoms with van der Waals surface area (Å²) in [6, 6.07) is 0.536. The minimum Gasteiger partial charge on any atom is -0.314 e. The number of nitrogens with one attached hydrogen (secondary N) is 1. The van der Waals surface area contributed by atoms with Crippen LogP contribution in [-0.4, -0.2) is 48.0 Å². The molecule has 2 heterocycles. The van der Waals surface area contributed by atoms with Crippen molar-refractivity contribution in [2.45, 2.75) is 33.4 Å². The van der Waals surface area contributed by atoms with Gasteiger partial charge in [0.15, 0.2) is 5.13 Å². The topological polar surface area (TPSA) is 48.5 Å². The minimum absolute atomic E-state index is 0. The van der Waals surface area contributed by atoms with Crippen molar-refractivity contribution in [3.8, 4) is 0 Å². The van der Waals surface area contributed by atoms with Gasteiger partial charge in [0.25, 0.3) is 0 Å². The number of hydrogen-bond acceptors (Lipinski definition) is 5. The van der Waals surface area contributed by atoms with Gasteiger partial charge < -0.3 is 5.32 Å². The zero-order chi connectivity index (χ0) is 13.8. The standard InChI is InChI=1S/C13H22N4OS.ClH/c1-4-17(11(3)18)13-15-12(9-19-13)8-16-6-5-14-7-10(16)2;/h9-10,14H,4-8H2,1-3H3;1H/t10-;/m0./s1. The summed E-state index contributed by atoms with van der Waals surface area (Å²) in [6.45, 7) is 10.5. The maximum absolute atomic E-state index is 11.5. The molecule has 0 aliphatic carbocycles. The quantitative estimate of drug-likeness (QED) is 0.918. The number of piperazine rings is 1. The predicted molar refractivity (Wildman–Crippen MR) is 85.8 cm³/mol. The van der Waals surface area contributed by atoms with Crippen molar-refractivity contribution in [1.29, 1.82) is 0 Å². The van der Waals surface area contributed by atoms with Gasteiger partial charge in [0.05, 0.1) is 5.69 Å². The molecule has 5 nitrogen and oxygen atoms in total. The summed E-state index contributed by atoms with van der Waals surface area (Å²) in [4.78, 5) is 20.2. The van der Waals surface area contributed by atoms with Crippen LogP contribution in [-0.2, 0) is 11.3 Å². The molecule has 20 heavy (non-hydrogen) atoms. The van der Waals surface area contributed by atoms with Gasteiger partial charge in [-0.1, -0.05) is 0 Å². The van der Waals surface area contributed by atoms with E-state index in [0.29, 0.717) is 12.6 Å². The van der Waals surface area contributed by atoms with Crippen LogP contribution >= 0.6 is 23.7 Å². The minimum atomic E-state index is 0. The third-order valence-corrected chi connectivity index (χ3v) is 4.38. The number of amides is 1. The highest BCUT2D eigenvalue weighted by Gasteiger charge is 2.20. The van der Waals surface area contributed by atoms with Gasteiger partial charge >= 0.3 is 0 Å². The van der Waals surface area contributed by atoms with Gasteiger partial charge in [0, 0.05) is 51.1 Å². The first-order valence-corrected chi connectivity index (χ1v) is 7.67. The first kappa shape index (κ1) is 17.4. The summed E-state index contributed by atoms with van der Waals surface area (Å²) in [5.74, 6) is 0.0546. The molecule has 1 aliphatic rings. The van der Waals surface area contributed by atoms with Crippen LogP contribution in [0.15, 0.2) is 5.38 Å². The van der Waals surface area contributed by atoms with E-state index in [0.717, 1.165) is 37.0 Å². The summed E-state index contributed by atoms with van der Waals surface area (Å²) >= 11 is 1.55. The Hall–Kier alpha value is -0.690. The molecule has 1 aliphatic heterocycles. The molecule has 0 spiro atoms. The van der Waals surface area contributed by atoms with Crippen LogP contribution in [0.5, 0.6) is 0 Å². The second-order valence-electron chi connectivity index (χ2n) is 4.91. The first-order valence-electron chi connectivity index (χ1n) is 6.79. The van der Waals surface area contributed by atoms with Gasteiger partial charge in [-0.3, -0.25) is 14.6 Å². The number of rotatable bonds is 4. The van der Waals surface area contributed by atoms with Crippen molar-refractivity contribution in [1.82, 2.24) is 15.2 Å². The molecule has 0 aromatic carbocycles. The van der Waals surface area contributed by atoms with Crippen LogP contribution in [0.4, 0.5) is 5.13 Å². The molecular formula is C13H23ClN4OS. The normalized spacial score (nSPS) is 19.4. The average Bonchev–Trinajstić information content (AvgIpc) is 2.81. The Bertz CT molecular complexity index is 440. The van der Waals surface area contributed by atoms with E-state index in [9.17, 15) is 4.79 Å². The first-order chi connectivity index (χ1) is 9.11. The molecule has 1 aromatic heterocycles. The zero-order valence-corrected chi connectivity index (χ0v) is 13.9. The molecule has 1 amide bonds. The zero-order valence-electron chi connectivity index (χ0n) is 12.3. The maximum Gasteiger partial charge on any atom is 0.225 e. The van der Waals surface area contributed by atoms with E-state index < -0.39 is 0 Å². The van der Waals surface area contributed by atoms with Gasteiger partial charge in [-0.2, -0.15) is 0 Å². The lowest BCUT2D eigenvalue weighted by atomic mass is 10.2. The Morgan fingerprint density at radius 1 is 1.65 bits per heavy atom. The van der Waals surface area contributed by atoms with Crippen LogP contribution in [0, 0.1) is 0 Å². The van der Waals surface area contributed by atoms with Crippen molar-refractivity contribution in [3.05, 3.63) is 11.1 Å². The average molecular weight is 319 g/mol. The van der Waals surface area contributed by atoms with Gasteiger partial charge in [-0.05, 0) is 13.8 Å². The Morgan fingerprint density at radius 3 is 3.00 bits per heavy atom. The van der Waals surface area contributed by atoms with Gasteiger partial charge in [-0.15, -0.1) is 23.7 Å². The monoisotopic (exact) mass is 318 g/mol. The lowest BCUT2D eigenvalue weighted by molar-refractivity contribution is -0.116. The molecular weight excluding hydrogens is 296 g/mol. The van der Waals surface area contributed by atoms with Crippen molar-refractivity contribution >= 4 is 34.8 Å². The predicted octanol–water partition coefficient (Wildman–Crippen LogP) is 1.73. The Balaban J connectivity index is 0.00000200. The smallest absolute Gasteiger partial charge is 0.225 e. The molecule has 1 atom stereocenters. The van der Waals surface area contributed by atoms with E-state index in [-0.39, 0.29) is 18.3 Å². The van der Waals surface area contributed by atoms with Crippen molar-refractivity contribution in [2.75, 3.05) is 31.1 Å². The van der Waals surface area contributed by atoms with Crippen LogP contribution in [0.2, 0.25) is 0 Å². The number of aromatic nitrogens is 1. The second kappa shape index (κ2) is 7.93. The van der Waals surface area contributed by atoms with Crippen molar-refractivity contribution in [3.63, 3.8) is 0 Å². The number of halogens is 1. The number of carbonyl (C=O) groups excluding carboxylic acids is 1. The van der Waals surface area contributed by atoms with Crippen molar-refractivity contribution in [2.24, 2.45) is 0 Å². The summed E-state index contributed by atoms with van der Waals surface area (Å²) in [7, 11) is 0. The molecule has 1 N–H and O–H groups in total. The van der Waals surface area contributed by atoms with Crippen LogP contribution in [0.25, 0.3) is 0 Å². The van der Waals surface area contributed by atoms with Gasteiger partial charge in [-0.25, -0.2) is 4.98 Å². The number of nitrogens with zero attached hydrogens (tertiary/aromatic N) is 3. The Kier molecular flexibility index (Phi) is 6.88. The fourth-order valence-electron chi connectivity index (χ4n) is 2.31. The van der Waals surface area contributed by atoms with E-state index in [1.165, 1.54) is 0 Å². The van der Waals surface area contributed by atoms with E-state index in [4.69, 9.17) is 0 Å². The van der Waals surface area contributed by atoms with E-state index in [1.807, 2.05) is 6.92 Å².